The van der Waals surface area contributed by atoms with Gasteiger partial charge in [-0.15, -0.1) is 0 Å². The number of carboxylic acids is 1. The zero-order valence-electron chi connectivity index (χ0n) is 11.9. The first-order valence-corrected chi connectivity index (χ1v) is 7.54. The minimum absolute atomic E-state index is 0.254. The van der Waals surface area contributed by atoms with Gasteiger partial charge in [0.05, 0.1) is 17.1 Å². The van der Waals surface area contributed by atoms with E-state index in [9.17, 15) is 9.90 Å². The van der Waals surface area contributed by atoms with Gasteiger partial charge in [0, 0.05) is 11.9 Å². The number of ether oxygens (including phenoxy) is 1. The third-order valence-corrected chi connectivity index (χ3v) is 4.39. The van der Waals surface area contributed by atoms with Crippen molar-refractivity contribution in [2.75, 3.05) is 7.11 Å². The molecule has 0 bridgehead atoms. The maximum atomic E-state index is 11.7. The van der Waals surface area contributed by atoms with E-state index in [1.807, 2.05) is 48.5 Å². The summed E-state index contributed by atoms with van der Waals surface area (Å²) in [6, 6.07) is 15.3. The highest BCUT2D eigenvalue weighted by Gasteiger charge is 2.20. The Balaban J connectivity index is 2.16. The Morgan fingerprint density at radius 1 is 1.23 bits per heavy atom. The molecule has 0 aliphatic rings. The molecule has 0 atom stereocenters. The van der Waals surface area contributed by atoms with E-state index in [1.165, 1.54) is 0 Å². The highest BCUT2D eigenvalue weighted by Crippen LogP contribution is 2.32. The van der Waals surface area contributed by atoms with Crippen molar-refractivity contribution < 1.29 is 14.6 Å². The Hall–Kier alpha value is -2.27. The molecule has 3 aromatic rings. The number of carboxylic acid groups (broad SMARTS) is 1. The average Bonchev–Trinajstić information content (AvgIpc) is 2.81. The molecule has 0 fully saturated rings. The number of fused-ring (bicyclic) bond motifs is 1. The van der Waals surface area contributed by atoms with Gasteiger partial charge in [0.25, 0.3) is 0 Å². The summed E-state index contributed by atoms with van der Waals surface area (Å²) in [7, 11) is 1.61. The number of carbonyl (C=O) groups is 1. The molecule has 0 aliphatic heterocycles. The summed E-state index contributed by atoms with van der Waals surface area (Å²) >= 11 is 3.42. The molecule has 1 N–H and O–H groups in total. The van der Waals surface area contributed by atoms with Crippen LogP contribution in [0.2, 0.25) is 0 Å². The second kappa shape index (κ2) is 5.85. The summed E-state index contributed by atoms with van der Waals surface area (Å²) in [5.41, 5.74) is 2.12. The summed E-state index contributed by atoms with van der Waals surface area (Å²) < 4.78 is 7.64. The minimum Gasteiger partial charge on any atom is -0.497 e. The van der Waals surface area contributed by atoms with Crippen molar-refractivity contribution >= 4 is 32.8 Å². The van der Waals surface area contributed by atoms with E-state index in [2.05, 4.69) is 15.9 Å². The van der Waals surface area contributed by atoms with Crippen molar-refractivity contribution in [1.82, 2.24) is 4.57 Å². The Kier molecular flexibility index (Phi) is 3.90. The van der Waals surface area contributed by atoms with Crippen LogP contribution in [-0.2, 0) is 6.54 Å². The third kappa shape index (κ3) is 2.48. The van der Waals surface area contributed by atoms with E-state index in [0.29, 0.717) is 11.0 Å². The van der Waals surface area contributed by atoms with E-state index in [1.54, 1.807) is 11.7 Å². The first-order chi connectivity index (χ1) is 10.6. The van der Waals surface area contributed by atoms with Gasteiger partial charge in [-0.1, -0.05) is 30.3 Å². The molecule has 0 aliphatic carbocycles. The van der Waals surface area contributed by atoms with Crippen LogP contribution in [-0.4, -0.2) is 22.8 Å². The normalized spacial score (nSPS) is 10.8. The van der Waals surface area contributed by atoms with E-state index >= 15 is 0 Å². The number of aromatic nitrogens is 1. The Morgan fingerprint density at radius 2 is 2.00 bits per heavy atom. The largest absolute Gasteiger partial charge is 0.497 e. The molecular formula is C17H14BrNO3. The molecule has 0 radical (unpaired) electrons. The van der Waals surface area contributed by atoms with Crippen molar-refractivity contribution in [2.24, 2.45) is 0 Å². The number of para-hydroxylation sites is 1. The number of nitrogens with zero attached hydrogens (tertiary/aromatic N) is 1. The summed E-state index contributed by atoms with van der Waals surface area (Å²) in [6.45, 7) is 0.463. The third-order valence-electron chi connectivity index (χ3n) is 3.59. The number of rotatable bonds is 4. The lowest BCUT2D eigenvalue weighted by atomic mass is 10.2. The predicted octanol–water partition coefficient (Wildman–Crippen LogP) is 4.16. The van der Waals surface area contributed by atoms with Crippen molar-refractivity contribution in [3.05, 3.63) is 64.3 Å². The Labute approximate surface area is 136 Å². The van der Waals surface area contributed by atoms with E-state index in [0.717, 1.165) is 22.2 Å². The molecule has 4 nitrogen and oxygen atoms in total. The van der Waals surface area contributed by atoms with E-state index < -0.39 is 5.97 Å². The summed E-state index contributed by atoms with van der Waals surface area (Å²) in [6.07, 6.45) is 0. The van der Waals surface area contributed by atoms with Crippen LogP contribution in [0, 0.1) is 0 Å². The maximum Gasteiger partial charge on any atom is 0.353 e. The SMILES string of the molecule is COc1cccc(Cn2c(C(=O)O)c(Br)c3ccccc32)c1. The molecule has 0 saturated carbocycles. The minimum atomic E-state index is -0.953. The fraction of sp³-hybridized carbons (Fsp3) is 0.118. The van der Waals surface area contributed by atoms with E-state index in [-0.39, 0.29) is 5.69 Å². The smallest absolute Gasteiger partial charge is 0.353 e. The van der Waals surface area contributed by atoms with Crippen LogP contribution in [0.5, 0.6) is 5.75 Å². The van der Waals surface area contributed by atoms with Gasteiger partial charge in [-0.2, -0.15) is 0 Å². The Bertz CT molecular complexity index is 854. The van der Waals surface area contributed by atoms with Crippen LogP contribution in [0.4, 0.5) is 0 Å². The summed E-state index contributed by atoms with van der Waals surface area (Å²) in [4.78, 5) is 11.7. The van der Waals surface area contributed by atoms with Gasteiger partial charge in [0.15, 0.2) is 0 Å². The van der Waals surface area contributed by atoms with Crippen molar-refractivity contribution in [3.8, 4) is 5.75 Å². The number of benzene rings is 2. The fourth-order valence-corrected chi connectivity index (χ4v) is 3.31. The zero-order chi connectivity index (χ0) is 15.7. The lowest BCUT2D eigenvalue weighted by Gasteiger charge is -2.10. The van der Waals surface area contributed by atoms with Crippen LogP contribution in [0.15, 0.2) is 53.0 Å². The molecule has 0 unspecified atom stereocenters. The second-order valence-electron chi connectivity index (χ2n) is 4.92. The molecule has 3 rings (SSSR count). The van der Waals surface area contributed by atoms with Crippen LogP contribution >= 0.6 is 15.9 Å². The van der Waals surface area contributed by atoms with Crippen LogP contribution in [0.25, 0.3) is 10.9 Å². The van der Waals surface area contributed by atoms with Gasteiger partial charge in [0.1, 0.15) is 11.4 Å². The van der Waals surface area contributed by atoms with E-state index in [4.69, 9.17) is 4.74 Å². The van der Waals surface area contributed by atoms with Gasteiger partial charge in [-0.25, -0.2) is 4.79 Å². The molecular weight excluding hydrogens is 346 g/mol. The Morgan fingerprint density at radius 3 is 2.73 bits per heavy atom. The average molecular weight is 360 g/mol. The van der Waals surface area contributed by atoms with Gasteiger partial charge >= 0.3 is 5.97 Å². The van der Waals surface area contributed by atoms with Gasteiger partial charge in [-0.05, 0) is 39.7 Å². The fourth-order valence-electron chi connectivity index (χ4n) is 2.59. The van der Waals surface area contributed by atoms with Crippen molar-refractivity contribution in [3.63, 3.8) is 0 Å². The summed E-state index contributed by atoms with van der Waals surface area (Å²) in [5.74, 6) is -0.198. The van der Waals surface area contributed by atoms with Crippen LogP contribution in [0.1, 0.15) is 16.1 Å². The molecule has 2 aromatic carbocycles. The highest BCUT2D eigenvalue weighted by atomic mass is 79.9. The first kappa shape index (κ1) is 14.7. The molecule has 1 heterocycles. The number of halogens is 1. The zero-order valence-corrected chi connectivity index (χ0v) is 13.5. The van der Waals surface area contributed by atoms with Crippen molar-refractivity contribution in [1.29, 1.82) is 0 Å². The molecule has 0 saturated heterocycles. The number of aromatic carboxylic acids is 1. The molecule has 112 valence electrons. The highest BCUT2D eigenvalue weighted by molar-refractivity contribution is 9.10. The lowest BCUT2D eigenvalue weighted by Crippen LogP contribution is -2.10. The molecule has 0 amide bonds. The summed E-state index contributed by atoms with van der Waals surface area (Å²) in [5, 5.41) is 10.4. The lowest BCUT2D eigenvalue weighted by molar-refractivity contribution is 0.0685. The quantitative estimate of drug-likeness (QED) is 0.760. The number of hydrogen-bond donors (Lipinski definition) is 1. The van der Waals surface area contributed by atoms with Gasteiger partial charge in [0.2, 0.25) is 0 Å². The number of methoxy groups -OCH3 is 1. The van der Waals surface area contributed by atoms with Gasteiger partial charge < -0.3 is 14.4 Å². The predicted molar refractivity (Wildman–Crippen MR) is 88.7 cm³/mol. The van der Waals surface area contributed by atoms with Crippen molar-refractivity contribution in [2.45, 2.75) is 6.54 Å². The molecule has 1 aromatic heterocycles. The first-order valence-electron chi connectivity index (χ1n) is 6.74. The van der Waals surface area contributed by atoms with Gasteiger partial charge in [-0.3, -0.25) is 0 Å². The molecule has 0 spiro atoms. The van der Waals surface area contributed by atoms with Crippen LogP contribution < -0.4 is 4.74 Å². The standard InChI is InChI=1S/C17H14BrNO3/c1-22-12-6-4-5-11(9-12)10-19-14-8-3-2-7-13(14)15(18)16(19)17(20)21/h2-9H,10H2,1H3,(H,20,21). The second-order valence-corrected chi connectivity index (χ2v) is 5.72. The molecule has 22 heavy (non-hydrogen) atoms. The number of hydrogen-bond acceptors (Lipinski definition) is 2. The monoisotopic (exact) mass is 359 g/mol. The molecule has 5 heteroatoms. The maximum absolute atomic E-state index is 11.7. The van der Waals surface area contributed by atoms with Crippen LogP contribution in [0.3, 0.4) is 0 Å². The topological polar surface area (TPSA) is 51.5 Å².